The molecule has 0 radical (unpaired) electrons. The highest BCUT2D eigenvalue weighted by molar-refractivity contribution is 7.91. The van der Waals surface area contributed by atoms with Crippen molar-refractivity contribution in [1.82, 2.24) is 10.2 Å². The van der Waals surface area contributed by atoms with Gasteiger partial charge in [-0.05, 0) is 37.1 Å². The minimum absolute atomic E-state index is 0.209. The molecule has 0 saturated carbocycles. The molecule has 8 heteroatoms. The quantitative estimate of drug-likeness (QED) is 0.920. The van der Waals surface area contributed by atoms with Gasteiger partial charge >= 0.3 is 0 Å². The van der Waals surface area contributed by atoms with Crippen LogP contribution in [0, 0.1) is 0 Å². The van der Waals surface area contributed by atoms with Crippen LogP contribution in [-0.4, -0.2) is 48.3 Å². The van der Waals surface area contributed by atoms with E-state index in [1.165, 1.54) is 17.6 Å². The van der Waals surface area contributed by atoms with Gasteiger partial charge in [0.2, 0.25) is 5.13 Å². The van der Waals surface area contributed by atoms with Crippen LogP contribution in [0.15, 0.2) is 24.3 Å². The van der Waals surface area contributed by atoms with Crippen LogP contribution in [0.3, 0.4) is 0 Å². The molecule has 1 N–H and O–H groups in total. The molecule has 0 bridgehead atoms. The minimum atomic E-state index is -3.03. The summed E-state index contributed by atoms with van der Waals surface area (Å²) in [5.41, 5.74) is 0.887. The molecule has 1 atom stereocenters. The first-order valence-electron chi connectivity index (χ1n) is 7.00. The van der Waals surface area contributed by atoms with Crippen molar-refractivity contribution in [2.45, 2.75) is 18.1 Å². The van der Waals surface area contributed by atoms with Crippen LogP contribution in [0.4, 0.5) is 5.13 Å². The number of nitrogens with zero attached hydrogens (tertiary/aromatic N) is 3. The molecule has 0 aliphatic carbocycles. The number of benzene rings is 1. The smallest absolute Gasteiger partial charge is 0.208 e. The van der Waals surface area contributed by atoms with E-state index in [1.54, 1.807) is 24.3 Å². The third-order valence-electron chi connectivity index (χ3n) is 3.78. The Bertz CT molecular complexity index is 756. The van der Waals surface area contributed by atoms with E-state index in [2.05, 4.69) is 10.2 Å². The second-order valence-electron chi connectivity index (χ2n) is 5.48. The monoisotopic (exact) mass is 339 g/mol. The van der Waals surface area contributed by atoms with Crippen LogP contribution in [-0.2, 0) is 9.84 Å². The van der Waals surface area contributed by atoms with Gasteiger partial charge in [0.15, 0.2) is 9.84 Å². The number of anilines is 1. The minimum Gasteiger partial charge on any atom is -0.508 e. The lowest BCUT2D eigenvalue weighted by Crippen LogP contribution is -2.41. The Labute approximate surface area is 133 Å². The molecule has 1 aromatic heterocycles. The maximum absolute atomic E-state index is 11.7. The van der Waals surface area contributed by atoms with Crippen molar-refractivity contribution in [1.29, 1.82) is 0 Å². The summed E-state index contributed by atoms with van der Waals surface area (Å²) in [4.78, 5) is 2.00. The zero-order valence-electron chi connectivity index (χ0n) is 12.1. The van der Waals surface area contributed by atoms with Gasteiger partial charge in [-0.3, -0.25) is 0 Å². The van der Waals surface area contributed by atoms with Crippen LogP contribution in [0.5, 0.6) is 5.75 Å². The molecule has 1 aromatic carbocycles. The predicted molar refractivity (Wildman–Crippen MR) is 87.1 cm³/mol. The average Bonchev–Trinajstić information content (AvgIpc) is 2.97. The molecular weight excluding hydrogens is 322 g/mol. The lowest BCUT2D eigenvalue weighted by atomic mass is 10.1. The standard InChI is InChI=1S/C14H17N3O3S2/c1-22(19,20)12-3-2-8-17(9-12)14-16-15-13(21-14)10-4-6-11(18)7-5-10/h4-7,12,18H,2-3,8-9H2,1H3. The van der Waals surface area contributed by atoms with E-state index in [1.807, 2.05) is 4.90 Å². The Morgan fingerprint density at radius 2 is 2.00 bits per heavy atom. The molecule has 0 amide bonds. The second-order valence-corrected chi connectivity index (χ2v) is 8.76. The van der Waals surface area contributed by atoms with Crippen molar-refractivity contribution in [3.8, 4) is 16.3 Å². The maximum Gasteiger partial charge on any atom is 0.208 e. The van der Waals surface area contributed by atoms with Crippen LogP contribution < -0.4 is 4.90 Å². The fourth-order valence-corrected chi connectivity index (χ4v) is 4.46. The normalized spacial score (nSPS) is 19.3. The molecular formula is C14H17N3O3S2. The number of sulfone groups is 1. The van der Waals surface area contributed by atoms with Gasteiger partial charge in [0.05, 0.1) is 5.25 Å². The Hall–Kier alpha value is -1.67. The van der Waals surface area contributed by atoms with Gasteiger partial charge in [-0.15, -0.1) is 10.2 Å². The van der Waals surface area contributed by atoms with Gasteiger partial charge in [0.25, 0.3) is 0 Å². The molecule has 1 saturated heterocycles. The van der Waals surface area contributed by atoms with E-state index in [0.717, 1.165) is 28.7 Å². The van der Waals surface area contributed by atoms with E-state index >= 15 is 0 Å². The molecule has 1 aliphatic heterocycles. The predicted octanol–water partition coefficient (Wildman–Crippen LogP) is 1.92. The maximum atomic E-state index is 11.7. The summed E-state index contributed by atoms with van der Waals surface area (Å²) >= 11 is 1.44. The fraction of sp³-hybridized carbons (Fsp3) is 0.429. The molecule has 118 valence electrons. The Balaban J connectivity index is 1.80. The highest BCUT2D eigenvalue weighted by Crippen LogP contribution is 2.31. The Morgan fingerprint density at radius 3 is 2.68 bits per heavy atom. The van der Waals surface area contributed by atoms with Crippen LogP contribution in [0.1, 0.15) is 12.8 Å². The summed E-state index contributed by atoms with van der Waals surface area (Å²) in [6.45, 7) is 1.28. The number of rotatable bonds is 3. The van der Waals surface area contributed by atoms with Gasteiger partial charge in [-0.1, -0.05) is 11.3 Å². The molecule has 0 spiro atoms. The van der Waals surface area contributed by atoms with E-state index in [0.29, 0.717) is 13.0 Å². The third-order valence-corrected chi connectivity index (χ3v) is 6.41. The van der Waals surface area contributed by atoms with Crippen LogP contribution in [0.25, 0.3) is 10.6 Å². The number of phenolic OH excluding ortho intramolecular Hbond substituents is 1. The third kappa shape index (κ3) is 3.22. The van der Waals surface area contributed by atoms with E-state index in [9.17, 15) is 13.5 Å². The van der Waals surface area contributed by atoms with Crippen molar-refractivity contribution in [3.63, 3.8) is 0 Å². The highest BCUT2D eigenvalue weighted by atomic mass is 32.2. The highest BCUT2D eigenvalue weighted by Gasteiger charge is 2.29. The summed E-state index contributed by atoms with van der Waals surface area (Å²) in [5, 5.41) is 18.9. The first-order valence-corrected chi connectivity index (χ1v) is 9.77. The molecule has 1 unspecified atom stereocenters. The van der Waals surface area contributed by atoms with Gasteiger partial charge in [0, 0.05) is 24.9 Å². The van der Waals surface area contributed by atoms with Crippen LogP contribution in [0.2, 0.25) is 0 Å². The van der Waals surface area contributed by atoms with Gasteiger partial charge in [-0.25, -0.2) is 8.42 Å². The van der Waals surface area contributed by atoms with Gasteiger partial charge in [-0.2, -0.15) is 0 Å². The lowest BCUT2D eigenvalue weighted by Gasteiger charge is -2.31. The first-order chi connectivity index (χ1) is 10.4. The number of piperidine rings is 1. The number of phenols is 1. The topological polar surface area (TPSA) is 83.4 Å². The van der Waals surface area contributed by atoms with Crippen molar-refractivity contribution in [3.05, 3.63) is 24.3 Å². The van der Waals surface area contributed by atoms with Crippen LogP contribution >= 0.6 is 11.3 Å². The van der Waals surface area contributed by atoms with Gasteiger partial charge in [0.1, 0.15) is 10.8 Å². The number of aromatic nitrogens is 2. The number of hydrogen-bond donors (Lipinski definition) is 1. The second kappa shape index (κ2) is 5.85. The average molecular weight is 339 g/mol. The van der Waals surface area contributed by atoms with Crippen molar-refractivity contribution < 1.29 is 13.5 Å². The molecule has 2 aromatic rings. The summed E-state index contributed by atoms with van der Waals surface area (Å²) < 4.78 is 23.5. The van der Waals surface area contributed by atoms with E-state index in [-0.39, 0.29) is 11.0 Å². The fourth-order valence-electron chi connectivity index (χ4n) is 2.53. The molecule has 22 heavy (non-hydrogen) atoms. The summed E-state index contributed by atoms with van der Waals surface area (Å²) in [5.74, 6) is 0.209. The Kier molecular flexibility index (Phi) is 4.05. The SMILES string of the molecule is CS(=O)(=O)C1CCCN(c2nnc(-c3ccc(O)cc3)s2)C1. The Morgan fingerprint density at radius 1 is 1.27 bits per heavy atom. The van der Waals surface area contributed by atoms with E-state index < -0.39 is 9.84 Å². The van der Waals surface area contributed by atoms with Crippen molar-refractivity contribution >= 4 is 26.3 Å². The summed E-state index contributed by atoms with van der Waals surface area (Å²) in [6.07, 6.45) is 2.84. The molecule has 6 nitrogen and oxygen atoms in total. The molecule has 3 rings (SSSR count). The molecule has 1 fully saturated rings. The largest absolute Gasteiger partial charge is 0.508 e. The zero-order valence-corrected chi connectivity index (χ0v) is 13.8. The van der Waals surface area contributed by atoms with Crippen molar-refractivity contribution in [2.75, 3.05) is 24.2 Å². The molecule has 2 heterocycles. The zero-order chi connectivity index (χ0) is 15.7. The van der Waals surface area contributed by atoms with Crippen molar-refractivity contribution in [2.24, 2.45) is 0 Å². The van der Waals surface area contributed by atoms with E-state index in [4.69, 9.17) is 0 Å². The first kappa shape index (κ1) is 15.2. The number of hydrogen-bond acceptors (Lipinski definition) is 7. The molecule has 1 aliphatic rings. The van der Waals surface area contributed by atoms with Gasteiger partial charge < -0.3 is 10.0 Å². The number of aromatic hydroxyl groups is 1. The lowest BCUT2D eigenvalue weighted by molar-refractivity contribution is 0.475. The summed E-state index contributed by atoms with van der Waals surface area (Å²) in [7, 11) is -3.03. The summed E-state index contributed by atoms with van der Waals surface area (Å²) in [6, 6.07) is 6.79.